The highest BCUT2D eigenvalue weighted by molar-refractivity contribution is 6.31. The standard InChI is InChI=1S/C33H42ClN3O3/c34-28-22-24(30(38)36-18-20-37(21-19-36)31(39)33(40)16-17-33)12-13-25(28)27-23-35-29-11-7-6-10-26(29)32(27)14-8-4-2-1-3-5-9-15-32/h6-7,10-13,22,27,35,40H,1-5,8-9,14-21,23H2. The lowest BCUT2D eigenvalue weighted by atomic mass is 9.60. The molecule has 6 nitrogen and oxygen atoms in total. The lowest BCUT2D eigenvalue weighted by Crippen LogP contribution is -2.53. The Hall–Kier alpha value is -2.57. The molecular formula is C33H42ClN3O3. The minimum atomic E-state index is -1.16. The van der Waals surface area contributed by atoms with Crippen molar-refractivity contribution in [2.75, 3.05) is 38.0 Å². The molecule has 214 valence electrons. The van der Waals surface area contributed by atoms with Gasteiger partial charge in [0.05, 0.1) is 0 Å². The Morgan fingerprint density at radius 1 is 0.825 bits per heavy atom. The van der Waals surface area contributed by atoms with Crippen LogP contribution >= 0.6 is 11.6 Å². The fraction of sp³-hybridized carbons (Fsp3) is 0.576. The average molecular weight is 564 g/mol. The van der Waals surface area contributed by atoms with Gasteiger partial charge < -0.3 is 20.2 Å². The van der Waals surface area contributed by atoms with E-state index in [-0.39, 0.29) is 23.1 Å². The van der Waals surface area contributed by atoms with Crippen LogP contribution in [-0.2, 0) is 10.2 Å². The molecule has 2 heterocycles. The summed E-state index contributed by atoms with van der Waals surface area (Å²) in [5.41, 5.74) is 3.28. The zero-order valence-electron chi connectivity index (χ0n) is 23.5. The molecule has 4 aliphatic rings. The monoisotopic (exact) mass is 563 g/mol. The number of halogens is 1. The molecule has 3 fully saturated rings. The summed E-state index contributed by atoms with van der Waals surface area (Å²) in [6, 6.07) is 14.7. The van der Waals surface area contributed by atoms with E-state index in [1.807, 2.05) is 12.1 Å². The van der Waals surface area contributed by atoms with Crippen LogP contribution in [0.15, 0.2) is 42.5 Å². The Bertz CT molecular complexity index is 1240. The highest BCUT2D eigenvalue weighted by atomic mass is 35.5. The van der Waals surface area contributed by atoms with Crippen LogP contribution in [0.4, 0.5) is 5.69 Å². The van der Waals surface area contributed by atoms with Crippen molar-refractivity contribution < 1.29 is 14.7 Å². The molecule has 2 amide bonds. The number of piperazine rings is 1. The molecule has 40 heavy (non-hydrogen) atoms. The number of carbonyl (C=O) groups excluding carboxylic acids is 2. The summed E-state index contributed by atoms with van der Waals surface area (Å²) in [4.78, 5) is 29.4. The van der Waals surface area contributed by atoms with Gasteiger partial charge in [-0.25, -0.2) is 0 Å². The van der Waals surface area contributed by atoms with Gasteiger partial charge in [0.15, 0.2) is 0 Å². The van der Waals surface area contributed by atoms with E-state index in [4.69, 9.17) is 11.6 Å². The summed E-state index contributed by atoms with van der Waals surface area (Å²) in [7, 11) is 0. The first-order chi connectivity index (χ1) is 19.4. The van der Waals surface area contributed by atoms with Gasteiger partial charge in [0.1, 0.15) is 5.60 Å². The van der Waals surface area contributed by atoms with Crippen molar-refractivity contribution in [3.05, 3.63) is 64.2 Å². The van der Waals surface area contributed by atoms with Crippen LogP contribution in [-0.4, -0.2) is 65.0 Å². The van der Waals surface area contributed by atoms with Crippen molar-refractivity contribution in [3.63, 3.8) is 0 Å². The van der Waals surface area contributed by atoms with Gasteiger partial charge in [-0.3, -0.25) is 9.59 Å². The van der Waals surface area contributed by atoms with Crippen LogP contribution in [0.1, 0.15) is 98.0 Å². The molecule has 2 aliphatic heterocycles. The zero-order chi connectivity index (χ0) is 27.7. The number of para-hydroxylation sites is 1. The van der Waals surface area contributed by atoms with E-state index in [1.165, 1.54) is 56.2 Å². The molecule has 1 unspecified atom stereocenters. The Labute approximate surface area is 243 Å². The van der Waals surface area contributed by atoms with Crippen molar-refractivity contribution in [2.45, 2.75) is 87.6 Å². The number of hydrogen-bond donors (Lipinski definition) is 2. The fourth-order valence-electron chi connectivity index (χ4n) is 7.45. The van der Waals surface area contributed by atoms with Crippen molar-refractivity contribution in [1.82, 2.24) is 9.80 Å². The van der Waals surface area contributed by atoms with Crippen LogP contribution in [0, 0.1) is 0 Å². The molecular weight excluding hydrogens is 522 g/mol. The largest absolute Gasteiger partial charge is 0.384 e. The number of fused-ring (bicyclic) bond motifs is 2. The van der Waals surface area contributed by atoms with E-state index in [0.29, 0.717) is 49.6 Å². The number of hydrogen-bond acceptors (Lipinski definition) is 4. The highest BCUT2D eigenvalue weighted by Crippen LogP contribution is 2.53. The normalized spacial score (nSPS) is 24.1. The van der Waals surface area contributed by atoms with Crippen molar-refractivity contribution in [1.29, 1.82) is 0 Å². The number of carbonyl (C=O) groups is 2. The first-order valence-corrected chi connectivity index (χ1v) is 15.7. The van der Waals surface area contributed by atoms with Crippen LogP contribution in [0.25, 0.3) is 0 Å². The molecule has 0 bridgehead atoms. The highest BCUT2D eigenvalue weighted by Gasteiger charge is 2.50. The molecule has 1 atom stereocenters. The smallest absolute Gasteiger partial charge is 0.254 e. The number of nitrogens with one attached hydrogen (secondary N) is 1. The first-order valence-electron chi connectivity index (χ1n) is 15.4. The quantitative estimate of drug-likeness (QED) is 0.472. The molecule has 2 aliphatic carbocycles. The summed E-state index contributed by atoms with van der Waals surface area (Å²) < 4.78 is 0. The van der Waals surface area contributed by atoms with E-state index in [0.717, 1.165) is 24.9 Å². The lowest BCUT2D eigenvalue weighted by molar-refractivity contribution is -0.143. The van der Waals surface area contributed by atoms with E-state index in [9.17, 15) is 14.7 Å². The van der Waals surface area contributed by atoms with Gasteiger partial charge in [-0.1, -0.05) is 80.8 Å². The number of benzene rings is 2. The average Bonchev–Trinajstić information content (AvgIpc) is 3.74. The fourth-order valence-corrected chi connectivity index (χ4v) is 7.76. The van der Waals surface area contributed by atoms with Crippen LogP contribution in [0.2, 0.25) is 5.02 Å². The van der Waals surface area contributed by atoms with Gasteiger partial charge in [0.2, 0.25) is 0 Å². The third-order valence-corrected chi connectivity index (χ3v) is 10.3. The number of nitrogens with zero attached hydrogens (tertiary/aromatic N) is 2. The number of amides is 2. The minimum absolute atomic E-state index is 0.0306. The molecule has 2 aromatic rings. The van der Waals surface area contributed by atoms with Crippen molar-refractivity contribution >= 4 is 29.1 Å². The number of anilines is 1. The number of aliphatic hydroxyl groups is 1. The van der Waals surface area contributed by atoms with Gasteiger partial charge in [-0.15, -0.1) is 0 Å². The molecule has 6 rings (SSSR count). The summed E-state index contributed by atoms with van der Waals surface area (Å²) in [5.74, 6) is -0.00315. The summed E-state index contributed by atoms with van der Waals surface area (Å²) in [6.07, 6.45) is 12.4. The number of rotatable bonds is 3. The van der Waals surface area contributed by atoms with Gasteiger partial charge in [0.25, 0.3) is 11.8 Å². The maximum Gasteiger partial charge on any atom is 0.254 e. The predicted octanol–water partition coefficient (Wildman–Crippen LogP) is 6.12. The third-order valence-electron chi connectivity index (χ3n) is 9.97. The van der Waals surface area contributed by atoms with Gasteiger partial charge >= 0.3 is 0 Å². The molecule has 2 aromatic carbocycles. The van der Waals surface area contributed by atoms with E-state index < -0.39 is 5.60 Å². The van der Waals surface area contributed by atoms with E-state index in [1.54, 1.807) is 9.80 Å². The Morgan fingerprint density at radius 2 is 1.45 bits per heavy atom. The van der Waals surface area contributed by atoms with E-state index >= 15 is 0 Å². The molecule has 7 heteroatoms. The molecule has 1 spiro atoms. The molecule has 2 N–H and O–H groups in total. The second-order valence-electron chi connectivity index (χ2n) is 12.5. The zero-order valence-corrected chi connectivity index (χ0v) is 24.2. The van der Waals surface area contributed by atoms with Crippen molar-refractivity contribution in [2.24, 2.45) is 0 Å². The van der Waals surface area contributed by atoms with Crippen LogP contribution < -0.4 is 5.32 Å². The minimum Gasteiger partial charge on any atom is -0.384 e. The molecule has 0 aromatic heterocycles. The summed E-state index contributed by atoms with van der Waals surface area (Å²) in [6.45, 7) is 2.67. The van der Waals surface area contributed by atoms with Crippen molar-refractivity contribution in [3.8, 4) is 0 Å². The Kier molecular flexibility index (Phi) is 7.84. The van der Waals surface area contributed by atoms with Crippen LogP contribution in [0.3, 0.4) is 0 Å². The molecule has 1 saturated heterocycles. The first kappa shape index (κ1) is 27.6. The maximum absolute atomic E-state index is 13.4. The van der Waals surface area contributed by atoms with Gasteiger partial charge in [-0.2, -0.15) is 0 Å². The topological polar surface area (TPSA) is 72.9 Å². The molecule has 2 saturated carbocycles. The maximum atomic E-state index is 13.4. The Morgan fingerprint density at radius 3 is 2.10 bits per heavy atom. The molecule has 0 radical (unpaired) electrons. The summed E-state index contributed by atoms with van der Waals surface area (Å²) in [5, 5.41) is 14.6. The van der Waals surface area contributed by atoms with E-state index in [2.05, 4.69) is 35.6 Å². The van der Waals surface area contributed by atoms with Gasteiger partial charge in [-0.05, 0) is 55.0 Å². The van der Waals surface area contributed by atoms with Crippen LogP contribution in [0.5, 0.6) is 0 Å². The lowest BCUT2D eigenvalue weighted by Gasteiger charge is -2.47. The Balaban J connectivity index is 1.23. The SMILES string of the molecule is O=C(c1ccc(C2CNc3ccccc3C23CCCCCCCCC3)c(Cl)c1)N1CCN(C(=O)C2(O)CC2)CC1. The summed E-state index contributed by atoms with van der Waals surface area (Å²) >= 11 is 7.05. The second-order valence-corrected chi connectivity index (χ2v) is 12.9. The second kappa shape index (κ2) is 11.4. The third kappa shape index (κ3) is 5.25. The predicted molar refractivity (Wildman–Crippen MR) is 159 cm³/mol. The van der Waals surface area contributed by atoms with Gasteiger partial charge in [0, 0.05) is 60.3 Å².